The van der Waals surface area contributed by atoms with Crippen LogP contribution in [0, 0.1) is 4.77 Å². The van der Waals surface area contributed by atoms with Crippen molar-refractivity contribution in [2.75, 3.05) is 20.2 Å². The second-order valence-electron chi connectivity index (χ2n) is 8.13. The fraction of sp³-hybridized carbons (Fsp3) is 0.375. The van der Waals surface area contributed by atoms with Gasteiger partial charge in [-0.05, 0) is 62.8 Å². The van der Waals surface area contributed by atoms with Crippen molar-refractivity contribution < 1.29 is 4.74 Å². The lowest BCUT2D eigenvalue weighted by Crippen LogP contribution is -2.36. The van der Waals surface area contributed by atoms with E-state index in [0.29, 0.717) is 12.6 Å². The minimum Gasteiger partial charge on any atom is -0.496 e. The second-order valence-corrected chi connectivity index (χ2v) is 9.56. The summed E-state index contributed by atoms with van der Waals surface area (Å²) in [7, 11) is 1.69. The first-order valence-electron chi connectivity index (χ1n) is 11.1. The third-order valence-corrected chi connectivity index (χ3v) is 7.72. The zero-order valence-electron chi connectivity index (χ0n) is 18.4. The van der Waals surface area contributed by atoms with Crippen LogP contribution in [0.3, 0.4) is 0 Å². The van der Waals surface area contributed by atoms with E-state index in [2.05, 4.69) is 40.7 Å². The summed E-state index contributed by atoms with van der Waals surface area (Å²) >= 11 is 7.64. The third-order valence-electron chi connectivity index (χ3n) is 6.09. The van der Waals surface area contributed by atoms with Crippen LogP contribution in [0.25, 0.3) is 21.6 Å². The van der Waals surface area contributed by atoms with Gasteiger partial charge < -0.3 is 9.30 Å². The molecule has 0 radical (unpaired) electrons. The number of aromatic nitrogens is 4. The molecule has 0 aliphatic carbocycles. The number of hydrogen-bond donors (Lipinski definition) is 0. The van der Waals surface area contributed by atoms with Crippen molar-refractivity contribution >= 4 is 33.8 Å². The maximum absolute atomic E-state index is 5.81. The highest BCUT2D eigenvalue weighted by Crippen LogP contribution is 2.33. The van der Waals surface area contributed by atoms with Crippen molar-refractivity contribution in [3.63, 3.8) is 0 Å². The fourth-order valence-electron chi connectivity index (χ4n) is 4.49. The summed E-state index contributed by atoms with van der Waals surface area (Å²) in [5.74, 6) is 2.12. The van der Waals surface area contributed by atoms with Crippen molar-refractivity contribution in [3.05, 3.63) is 58.3 Å². The Morgan fingerprint density at radius 1 is 1.16 bits per heavy atom. The molecular formula is C24H27N5OS2. The number of piperidine rings is 1. The van der Waals surface area contributed by atoms with Crippen molar-refractivity contribution in [3.8, 4) is 17.1 Å². The number of fused-ring (bicyclic) bond motifs is 1. The number of ether oxygens (including phenoxy) is 1. The lowest BCUT2D eigenvalue weighted by Gasteiger charge is -2.31. The van der Waals surface area contributed by atoms with Gasteiger partial charge in [-0.1, -0.05) is 24.3 Å². The molecule has 3 heterocycles. The molecule has 32 heavy (non-hydrogen) atoms. The van der Waals surface area contributed by atoms with Gasteiger partial charge in [0.25, 0.3) is 0 Å². The van der Waals surface area contributed by atoms with Crippen LogP contribution < -0.4 is 4.74 Å². The molecule has 5 rings (SSSR count). The number of nitrogens with zero attached hydrogens (tertiary/aromatic N) is 5. The lowest BCUT2D eigenvalue weighted by molar-refractivity contribution is 0.156. The number of rotatable bonds is 6. The molecule has 0 N–H and O–H groups in total. The van der Waals surface area contributed by atoms with Gasteiger partial charge in [-0.2, -0.15) is 5.10 Å². The van der Waals surface area contributed by atoms with Crippen LogP contribution >= 0.6 is 23.6 Å². The topological polar surface area (TPSA) is 48.1 Å². The van der Waals surface area contributed by atoms with Gasteiger partial charge in [0.2, 0.25) is 0 Å². The molecule has 0 bridgehead atoms. The Morgan fingerprint density at radius 2 is 1.97 bits per heavy atom. The minimum absolute atomic E-state index is 0.456. The highest BCUT2D eigenvalue weighted by atomic mass is 32.1. The van der Waals surface area contributed by atoms with Gasteiger partial charge in [0.1, 0.15) is 5.75 Å². The van der Waals surface area contributed by atoms with Gasteiger partial charge in [-0.25, -0.2) is 9.67 Å². The van der Waals surface area contributed by atoms with Gasteiger partial charge in [-0.3, -0.25) is 4.90 Å². The van der Waals surface area contributed by atoms with Crippen LogP contribution in [0.2, 0.25) is 0 Å². The number of para-hydroxylation sites is 2. The van der Waals surface area contributed by atoms with Crippen LogP contribution in [0.4, 0.5) is 0 Å². The molecule has 1 aliphatic heterocycles. The first-order valence-corrected chi connectivity index (χ1v) is 12.3. The van der Waals surface area contributed by atoms with E-state index in [4.69, 9.17) is 27.0 Å². The van der Waals surface area contributed by atoms with Gasteiger partial charge >= 0.3 is 0 Å². The van der Waals surface area contributed by atoms with Crippen molar-refractivity contribution in [2.45, 2.75) is 38.9 Å². The monoisotopic (exact) mass is 465 g/mol. The van der Waals surface area contributed by atoms with Crippen LogP contribution in [0.5, 0.6) is 5.75 Å². The highest BCUT2D eigenvalue weighted by Gasteiger charge is 2.25. The van der Waals surface area contributed by atoms with Crippen molar-refractivity contribution in [1.29, 1.82) is 0 Å². The van der Waals surface area contributed by atoms with E-state index in [0.717, 1.165) is 53.5 Å². The number of likely N-dealkylation sites (tertiary alicyclic amines) is 1. The maximum Gasteiger partial charge on any atom is 0.199 e. The van der Waals surface area contributed by atoms with Crippen LogP contribution in [0.15, 0.2) is 48.5 Å². The average molecular weight is 466 g/mol. The number of thiazole rings is 1. The normalized spacial score (nSPS) is 17.1. The zero-order chi connectivity index (χ0) is 22.1. The zero-order valence-corrected chi connectivity index (χ0v) is 20.0. The average Bonchev–Trinajstić information content (AvgIpc) is 3.40. The van der Waals surface area contributed by atoms with E-state index in [1.807, 2.05) is 40.3 Å². The van der Waals surface area contributed by atoms with Crippen molar-refractivity contribution in [2.24, 2.45) is 0 Å². The van der Waals surface area contributed by atoms with E-state index in [-0.39, 0.29) is 0 Å². The van der Waals surface area contributed by atoms with Gasteiger partial charge in [-0.15, -0.1) is 11.3 Å². The molecule has 1 fully saturated rings. The number of methoxy groups -OCH3 is 1. The molecule has 0 saturated carbocycles. The molecule has 2 aromatic carbocycles. The molecule has 166 valence electrons. The fourth-order valence-corrected chi connectivity index (χ4v) is 5.89. The number of benzene rings is 2. The van der Waals surface area contributed by atoms with Crippen LogP contribution in [-0.2, 0) is 13.2 Å². The molecule has 4 aromatic rings. The Kier molecular flexibility index (Phi) is 6.08. The predicted molar refractivity (Wildman–Crippen MR) is 132 cm³/mol. The lowest BCUT2D eigenvalue weighted by atomic mass is 9.99. The molecule has 2 aromatic heterocycles. The molecule has 1 aliphatic rings. The van der Waals surface area contributed by atoms with E-state index in [9.17, 15) is 0 Å². The molecule has 0 unspecified atom stereocenters. The smallest absolute Gasteiger partial charge is 0.199 e. The first kappa shape index (κ1) is 21.3. The van der Waals surface area contributed by atoms with E-state index in [1.54, 1.807) is 7.11 Å². The van der Waals surface area contributed by atoms with Gasteiger partial charge in [0.15, 0.2) is 10.6 Å². The summed E-state index contributed by atoms with van der Waals surface area (Å²) in [6, 6.07) is 16.4. The van der Waals surface area contributed by atoms with E-state index >= 15 is 0 Å². The van der Waals surface area contributed by atoms with Gasteiger partial charge in [0, 0.05) is 19.0 Å². The largest absolute Gasteiger partial charge is 0.496 e. The second kappa shape index (κ2) is 9.13. The minimum atomic E-state index is 0.456. The Morgan fingerprint density at radius 3 is 2.78 bits per heavy atom. The predicted octanol–water partition coefficient (Wildman–Crippen LogP) is 5.56. The summed E-state index contributed by atoms with van der Waals surface area (Å²) in [4.78, 5) is 7.37. The molecule has 1 saturated heterocycles. The Labute approximate surface area is 197 Å². The van der Waals surface area contributed by atoms with E-state index < -0.39 is 0 Å². The molecular weight excluding hydrogens is 438 g/mol. The summed E-state index contributed by atoms with van der Waals surface area (Å²) in [6.45, 7) is 5.58. The summed E-state index contributed by atoms with van der Waals surface area (Å²) in [5, 5.41) is 6.17. The standard InChI is InChI=1S/C24H27N5OS2/c1-3-28-22(18-10-4-6-12-20(18)30-2)26-29(24(28)31)16-27-14-8-9-17(15-27)23-25-19-11-5-7-13-21(19)32-23/h4-7,10-13,17H,3,8-9,14-16H2,1-2H3/t17-/m1/s1. The van der Waals surface area contributed by atoms with Crippen LogP contribution in [0.1, 0.15) is 30.7 Å². The van der Waals surface area contributed by atoms with Crippen LogP contribution in [-0.4, -0.2) is 44.4 Å². The molecule has 0 amide bonds. The Bertz CT molecular complexity index is 1260. The summed E-state index contributed by atoms with van der Waals surface area (Å²) in [6.07, 6.45) is 2.33. The highest BCUT2D eigenvalue weighted by molar-refractivity contribution is 7.71. The van der Waals surface area contributed by atoms with Gasteiger partial charge in [0.05, 0.1) is 34.6 Å². The summed E-state index contributed by atoms with van der Waals surface area (Å²) < 4.78 is 11.6. The molecule has 0 spiro atoms. The maximum atomic E-state index is 5.81. The Hall–Kier alpha value is -2.55. The van der Waals surface area contributed by atoms with Crippen molar-refractivity contribution in [1.82, 2.24) is 24.2 Å². The van der Waals surface area contributed by atoms with E-state index in [1.165, 1.54) is 16.1 Å². The third kappa shape index (κ3) is 3.98. The SMILES string of the molecule is CCn1c(-c2ccccc2OC)nn(CN2CCC[C@@H](c3nc4ccccc4s3)C2)c1=S. The molecule has 8 heteroatoms. The molecule has 1 atom stereocenters. The first-order chi connectivity index (χ1) is 15.7. The Balaban J connectivity index is 1.40. The summed E-state index contributed by atoms with van der Waals surface area (Å²) in [5.41, 5.74) is 2.07. The molecule has 6 nitrogen and oxygen atoms in total. The quantitative estimate of drug-likeness (QED) is 0.349. The number of hydrogen-bond acceptors (Lipinski definition) is 6.